The van der Waals surface area contributed by atoms with Crippen molar-refractivity contribution in [3.05, 3.63) is 28.2 Å². The van der Waals surface area contributed by atoms with E-state index in [1.807, 2.05) is 0 Å². The lowest BCUT2D eigenvalue weighted by Gasteiger charge is -2.09. The van der Waals surface area contributed by atoms with Crippen LogP contribution in [0.5, 0.6) is 0 Å². The molecule has 0 saturated carbocycles. The fourth-order valence-electron chi connectivity index (χ4n) is 1.49. The largest absolute Gasteiger partial charge is 0.478 e. The number of nitrogens with one attached hydrogen (secondary N) is 1. The predicted octanol–water partition coefficient (Wildman–Crippen LogP) is 3.62. The van der Waals surface area contributed by atoms with Crippen LogP contribution in [0.15, 0.2) is 22.7 Å². The molecule has 0 fully saturated rings. The lowest BCUT2D eigenvalue weighted by molar-refractivity contribution is 0.0696. The molecule has 2 N–H and O–H groups in total. The molecule has 0 aliphatic carbocycles. The van der Waals surface area contributed by atoms with Crippen LogP contribution in [0.1, 0.15) is 30.6 Å². The summed E-state index contributed by atoms with van der Waals surface area (Å²) >= 11 is 3.25. The number of rotatable bonds is 8. The number of aromatic carboxylic acids is 1. The van der Waals surface area contributed by atoms with Crippen molar-refractivity contribution in [3.63, 3.8) is 0 Å². The maximum atomic E-state index is 10.8. The molecular formula is C14H20BrNO3. The Morgan fingerprint density at radius 1 is 1.42 bits per heavy atom. The summed E-state index contributed by atoms with van der Waals surface area (Å²) in [5, 5.41) is 12.1. The lowest BCUT2D eigenvalue weighted by Crippen LogP contribution is -2.11. The quantitative estimate of drug-likeness (QED) is 0.715. The zero-order valence-corrected chi connectivity index (χ0v) is 12.9. The number of halogens is 1. The number of carboxylic acid groups (broad SMARTS) is 1. The topological polar surface area (TPSA) is 58.6 Å². The second kappa shape index (κ2) is 8.17. The Morgan fingerprint density at radius 3 is 2.74 bits per heavy atom. The Kier molecular flexibility index (Phi) is 6.87. The Hall–Kier alpha value is -1.07. The SMILES string of the molecule is CC(C)CCOCCNc1ccc(C(=O)O)c(Br)c1. The van der Waals surface area contributed by atoms with E-state index in [9.17, 15) is 4.79 Å². The number of benzene rings is 1. The van der Waals surface area contributed by atoms with Gasteiger partial charge in [0.15, 0.2) is 0 Å². The van der Waals surface area contributed by atoms with Crippen LogP contribution in [-0.2, 0) is 4.74 Å². The van der Waals surface area contributed by atoms with Gasteiger partial charge in [0.1, 0.15) is 0 Å². The van der Waals surface area contributed by atoms with E-state index >= 15 is 0 Å². The molecule has 0 aliphatic rings. The van der Waals surface area contributed by atoms with Gasteiger partial charge in [0.2, 0.25) is 0 Å². The Labute approximate surface area is 122 Å². The maximum absolute atomic E-state index is 10.8. The molecule has 0 aromatic heterocycles. The fraction of sp³-hybridized carbons (Fsp3) is 0.500. The van der Waals surface area contributed by atoms with Gasteiger partial charge < -0.3 is 15.2 Å². The molecule has 0 saturated heterocycles. The second-order valence-corrected chi connectivity index (χ2v) is 5.58. The van der Waals surface area contributed by atoms with Gasteiger partial charge in [-0.15, -0.1) is 0 Å². The van der Waals surface area contributed by atoms with E-state index in [4.69, 9.17) is 9.84 Å². The van der Waals surface area contributed by atoms with Gasteiger partial charge in [0, 0.05) is 23.3 Å². The molecule has 1 aromatic carbocycles. The maximum Gasteiger partial charge on any atom is 0.336 e. The van der Waals surface area contributed by atoms with Gasteiger partial charge in [-0.1, -0.05) is 13.8 Å². The Morgan fingerprint density at radius 2 is 2.16 bits per heavy atom. The third-order valence-electron chi connectivity index (χ3n) is 2.61. The van der Waals surface area contributed by atoms with Crippen molar-refractivity contribution in [1.82, 2.24) is 0 Å². The van der Waals surface area contributed by atoms with Crippen LogP contribution in [0.25, 0.3) is 0 Å². The van der Waals surface area contributed by atoms with Crippen LogP contribution in [0.3, 0.4) is 0 Å². The normalized spacial score (nSPS) is 10.7. The van der Waals surface area contributed by atoms with Crippen LogP contribution >= 0.6 is 15.9 Å². The first-order valence-electron chi connectivity index (χ1n) is 6.35. The molecule has 0 amide bonds. The molecule has 1 rings (SSSR count). The van der Waals surface area contributed by atoms with Crippen LogP contribution in [0.4, 0.5) is 5.69 Å². The third kappa shape index (κ3) is 6.07. The zero-order chi connectivity index (χ0) is 14.3. The van der Waals surface area contributed by atoms with Crippen LogP contribution in [-0.4, -0.2) is 30.8 Å². The average molecular weight is 330 g/mol. The number of hydrogen-bond acceptors (Lipinski definition) is 3. The van der Waals surface area contributed by atoms with Crippen LogP contribution in [0.2, 0.25) is 0 Å². The highest BCUT2D eigenvalue weighted by molar-refractivity contribution is 9.10. The molecular weight excluding hydrogens is 310 g/mol. The van der Waals surface area contributed by atoms with E-state index in [2.05, 4.69) is 35.1 Å². The number of carbonyl (C=O) groups is 1. The molecule has 0 aliphatic heterocycles. The van der Waals surface area contributed by atoms with Crippen molar-refractivity contribution in [2.75, 3.05) is 25.1 Å². The summed E-state index contributed by atoms with van der Waals surface area (Å²) in [6.45, 7) is 6.47. The number of hydrogen-bond donors (Lipinski definition) is 2. The van der Waals surface area contributed by atoms with Gasteiger partial charge >= 0.3 is 5.97 Å². The summed E-state index contributed by atoms with van der Waals surface area (Å²) in [6, 6.07) is 5.09. The standard InChI is InChI=1S/C14H20BrNO3/c1-10(2)5-7-19-8-6-16-11-3-4-12(14(17)18)13(15)9-11/h3-4,9-10,16H,5-8H2,1-2H3,(H,17,18). The first-order chi connectivity index (χ1) is 9.00. The molecule has 0 bridgehead atoms. The lowest BCUT2D eigenvalue weighted by atomic mass is 10.1. The van der Waals surface area contributed by atoms with E-state index in [-0.39, 0.29) is 5.56 Å². The van der Waals surface area contributed by atoms with Gasteiger partial charge in [-0.05, 0) is 46.5 Å². The second-order valence-electron chi connectivity index (χ2n) is 4.72. The van der Waals surface area contributed by atoms with Crippen molar-refractivity contribution in [2.45, 2.75) is 20.3 Å². The first kappa shape index (κ1) is 16.0. The summed E-state index contributed by atoms with van der Waals surface area (Å²) < 4.78 is 6.06. The molecule has 0 unspecified atom stereocenters. The monoisotopic (exact) mass is 329 g/mol. The highest BCUT2D eigenvalue weighted by Crippen LogP contribution is 2.21. The van der Waals surface area contributed by atoms with Crippen LogP contribution < -0.4 is 5.32 Å². The fourth-order valence-corrected chi connectivity index (χ4v) is 2.04. The van der Waals surface area contributed by atoms with Crippen molar-refractivity contribution >= 4 is 27.6 Å². The minimum Gasteiger partial charge on any atom is -0.478 e. The molecule has 0 spiro atoms. The zero-order valence-electron chi connectivity index (χ0n) is 11.3. The van der Waals surface area contributed by atoms with Gasteiger partial charge in [-0.3, -0.25) is 0 Å². The number of ether oxygens (including phenoxy) is 1. The van der Waals surface area contributed by atoms with Gasteiger partial charge in [-0.2, -0.15) is 0 Å². The average Bonchev–Trinajstić information content (AvgIpc) is 2.32. The summed E-state index contributed by atoms with van der Waals surface area (Å²) in [5.74, 6) is -0.275. The first-order valence-corrected chi connectivity index (χ1v) is 7.14. The van der Waals surface area contributed by atoms with Crippen LogP contribution in [0, 0.1) is 5.92 Å². The summed E-state index contributed by atoms with van der Waals surface area (Å²) in [5.41, 5.74) is 1.14. The summed E-state index contributed by atoms with van der Waals surface area (Å²) in [4.78, 5) is 10.8. The van der Waals surface area contributed by atoms with E-state index in [0.717, 1.165) is 18.7 Å². The number of anilines is 1. The molecule has 0 radical (unpaired) electrons. The molecule has 0 heterocycles. The highest BCUT2D eigenvalue weighted by Gasteiger charge is 2.07. The van der Waals surface area contributed by atoms with Crippen molar-refractivity contribution in [1.29, 1.82) is 0 Å². The molecule has 106 valence electrons. The van der Waals surface area contributed by atoms with Gasteiger partial charge in [0.25, 0.3) is 0 Å². The molecule has 19 heavy (non-hydrogen) atoms. The summed E-state index contributed by atoms with van der Waals surface area (Å²) in [6.07, 6.45) is 1.07. The van der Waals surface area contributed by atoms with E-state index in [1.54, 1.807) is 18.2 Å². The minimum absolute atomic E-state index is 0.263. The molecule has 4 nitrogen and oxygen atoms in total. The van der Waals surface area contributed by atoms with Crippen molar-refractivity contribution in [3.8, 4) is 0 Å². The smallest absolute Gasteiger partial charge is 0.336 e. The van der Waals surface area contributed by atoms with E-state index in [0.29, 0.717) is 23.5 Å². The highest BCUT2D eigenvalue weighted by atomic mass is 79.9. The summed E-state index contributed by atoms with van der Waals surface area (Å²) in [7, 11) is 0. The Balaban J connectivity index is 2.30. The molecule has 5 heteroatoms. The van der Waals surface area contributed by atoms with Crippen molar-refractivity contribution < 1.29 is 14.6 Å². The predicted molar refractivity (Wildman–Crippen MR) is 79.9 cm³/mol. The minimum atomic E-state index is -0.935. The van der Waals surface area contributed by atoms with E-state index < -0.39 is 5.97 Å². The van der Waals surface area contributed by atoms with Gasteiger partial charge in [-0.25, -0.2) is 4.79 Å². The third-order valence-corrected chi connectivity index (χ3v) is 3.27. The Bertz CT molecular complexity index is 421. The number of carboxylic acids is 1. The van der Waals surface area contributed by atoms with Gasteiger partial charge in [0.05, 0.1) is 12.2 Å². The van der Waals surface area contributed by atoms with E-state index in [1.165, 1.54) is 0 Å². The van der Waals surface area contributed by atoms with Crippen molar-refractivity contribution in [2.24, 2.45) is 5.92 Å². The molecule has 0 atom stereocenters. The molecule has 1 aromatic rings.